The zero-order valence-corrected chi connectivity index (χ0v) is 18.5. The Bertz CT molecular complexity index is 1370. The predicted molar refractivity (Wildman–Crippen MR) is 120 cm³/mol. The molecule has 0 aliphatic carbocycles. The van der Waals surface area contributed by atoms with Gasteiger partial charge in [0.25, 0.3) is 0 Å². The van der Waals surface area contributed by atoms with Gasteiger partial charge in [-0.15, -0.1) is 0 Å². The van der Waals surface area contributed by atoms with Crippen LogP contribution in [-0.2, 0) is 16.4 Å². The van der Waals surface area contributed by atoms with Crippen molar-refractivity contribution in [3.63, 3.8) is 0 Å². The molecule has 0 unspecified atom stereocenters. The number of para-hydroxylation sites is 2. The van der Waals surface area contributed by atoms with Crippen molar-refractivity contribution in [1.82, 2.24) is 14.5 Å². The Morgan fingerprint density at radius 3 is 2.37 bits per heavy atom. The van der Waals surface area contributed by atoms with Gasteiger partial charge in [0, 0.05) is 6.54 Å². The lowest BCUT2D eigenvalue weighted by Gasteiger charge is -2.11. The molecule has 4 rings (SSSR count). The Hall–Kier alpha value is -2.93. The van der Waals surface area contributed by atoms with E-state index in [2.05, 4.69) is 18.8 Å². The van der Waals surface area contributed by atoms with Crippen molar-refractivity contribution < 1.29 is 8.42 Å². The minimum atomic E-state index is -3.88. The normalized spacial score (nSPS) is 12.3. The summed E-state index contributed by atoms with van der Waals surface area (Å²) in [6.07, 6.45) is 0.853. The average Bonchev–Trinajstić information content (AvgIpc) is 2.97. The number of hydrogen-bond acceptors (Lipinski definition) is 5. The number of anilines is 1. The Morgan fingerprint density at radius 2 is 1.70 bits per heavy atom. The minimum absolute atomic E-state index is 0.0493. The topological polar surface area (TPSA) is 90.9 Å². The molecule has 30 heavy (non-hydrogen) atoms. The number of aromatic nitrogens is 3. The quantitative estimate of drug-likeness (QED) is 0.505. The van der Waals surface area contributed by atoms with E-state index in [0.717, 1.165) is 12.0 Å². The summed E-state index contributed by atoms with van der Waals surface area (Å²) in [7, 11) is -3.88. The summed E-state index contributed by atoms with van der Waals surface area (Å²) in [4.78, 5) is 9.73. The van der Waals surface area contributed by atoms with E-state index < -0.39 is 9.84 Å². The minimum Gasteiger partial charge on any atom is -0.384 e. The monoisotopic (exact) mass is 422 g/mol. The van der Waals surface area contributed by atoms with E-state index in [1.807, 2.05) is 43.3 Å². The maximum atomic E-state index is 13.8. The molecule has 0 atom stereocenters. The number of nitrogen functional groups attached to an aromatic ring is 1. The Balaban J connectivity index is 2.07. The van der Waals surface area contributed by atoms with Crippen LogP contribution < -0.4 is 5.73 Å². The second-order valence-electron chi connectivity index (χ2n) is 8.21. The highest BCUT2D eigenvalue weighted by Gasteiger charge is 2.31. The fraction of sp³-hybridized carbons (Fsp3) is 0.304. The van der Waals surface area contributed by atoms with Gasteiger partial charge >= 0.3 is 0 Å². The van der Waals surface area contributed by atoms with Crippen molar-refractivity contribution >= 4 is 37.9 Å². The molecule has 7 heteroatoms. The first-order chi connectivity index (χ1) is 14.2. The molecule has 2 heterocycles. The van der Waals surface area contributed by atoms with Crippen LogP contribution in [0, 0.1) is 19.8 Å². The zero-order valence-electron chi connectivity index (χ0n) is 17.7. The Kier molecular flexibility index (Phi) is 5.02. The highest BCUT2D eigenvalue weighted by molar-refractivity contribution is 7.92. The zero-order chi connectivity index (χ0) is 21.6. The maximum absolute atomic E-state index is 13.8. The van der Waals surface area contributed by atoms with Gasteiger partial charge in [-0.05, 0) is 55.5 Å². The molecule has 0 fully saturated rings. The van der Waals surface area contributed by atoms with E-state index in [0.29, 0.717) is 40.2 Å². The van der Waals surface area contributed by atoms with Crippen LogP contribution in [0.1, 0.15) is 31.4 Å². The molecule has 2 N–H and O–H groups in total. The van der Waals surface area contributed by atoms with Crippen LogP contribution in [0.25, 0.3) is 22.2 Å². The number of aryl methyl sites for hydroxylation is 3. The average molecular weight is 423 g/mol. The highest BCUT2D eigenvalue weighted by atomic mass is 32.2. The van der Waals surface area contributed by atoms with E-state index in [4.69, 9.17) is 10.7 Å². The predicted octanol–water partition coefficient (Wildman–Crippen LogP) is 4.66. The molecule has 0 spiro atoms. The molecule has 0 saturated carbocycles. The second kappa shape index (κ2) is 7.40. The van der Waals surface area contributed by atoms with Crippen LogP contribution in [0.4, 0.5) is 5.82 Å². The van der Waals surface area contributed by atoms with Crippen molar-refractivity contribution in [1.29, 1.82) is 0 Å². The van der Waals surface area contributed by atoms with Crippen molar-refractivity contribution in [2.45, 2.75) is 50.5 Å². The smallest absolute Gasteiger partial charge is 0.212 e. The molecule has 4 aromatic rings. The van der Waals surface area contributed by atoms with E-state index in [1.165, 1.54) is 0 Å². The molecule has 2 aromatic carbocycles. The van der Waals surface area contributed by atoms with Crippen molar-refractivity contribution in [2.75, 3.05) is 5.73 Å². The van der Waals surface area contributed by atoms with Gasteiger partial charge in [0.15, 0.2) is 5.65 Å². The lowest BCUT2D eigenvalue weighted by molar-refractivity contribution is 0.525. The van der Waals surface area contributed by atoms with Gasteiger partial charge in [-0.2, -0.15) is 0 Å². The molecule has 0 radical (unpaired) electrons. The molecule has 0 saturated heterocycles. The lowest BCUT2D eigenvalue weighted by atomic mass is 10.1. The number of hydrogen-bond donors (Lipinski definition) is 1. The van der Waals surface area contributed by atoms with Crippen LogP contribution in [0.2, 0.25) is 0 Å². The molecule has 0 aliphatic rings. The first-order valence-electron chi connectivity index (χ1n) is 10.1. The SMILES string of the molecule is Cc1ccc(C)c(S(=O)(=O)c2c(N)n(CCC(C)C)c3nc4ccccc4nc23)c1. The molecular formula is C23H26N4O2S. The van der Waals surface area contributed by atoms with Gasteiger partial charge in [-0.3, -0.25) is 0 Å². The lowest BCUT2D eigenvalue weighted by Crippen LogP contribution is -2.10. The van der Waals surface area contributed by atoms with E-state index >= 15 is 0 Å². The number of sulfone groups is 1. The number of fused-ring (bicyclic) bond motifs is 2. The third-order valence-electron chi connectivity index (χ3n) is 5.38. The summed E-state index contributed by atoms with van der Waals surface area (Å²) in [6, 6.07) is 12.9. The number of nitrogens with zero attached hydrogens (tertiary/aromatic N) is 3. The van der Waals surface area contributed by atoms with Crippen molar-refractivity contribution in [3.8, 4) is 0 Å². The van der Waals surface area contributed by atoms with Gasteiger partial charge in [-0.1, -0.05) is 38.1 Å². The standard InChI is InChI=1S/C23H26N4O2S/c1-14(2)11-12-27-22(24)21(30(28,29)19-13-15(3)9-10-16(19)4)20-23(27)26-18-8-6-5-7-17(18)25-20/h5-10,13-14H,11-12,24H2,1-4H3. The van der Waals surface area contributed by atoms with Gasteiger partial charge < -0.3 is 10.3 Å². The summed E-state index contributed by atoms with van der Waals surface area (Å²) in [5, 5.41) is 0. The number of nitrogens with two attached hydrogens (primary N) is 1. The molecule has 2 aromatic heterocycles. The summed E-state index contributed by atoms with van der Waals surface area (Å²) in [5.74, 6) is 0.635. The van der Waals surface area contributed by atoms with Crippen LogP contribution >= 0.6 is 0 Å². The fourth-order valence-electron chi connectivity index (χ4n) is 3.67. The van der Waals surface area contributed by atoms with E-state index in [1.54, 1.807) is 17.6 Å². The van der Waals surface area contributed by atoms with Gasteiger partial charge in [0.05, 0.1) is 15.9 Å². The molecule has 0 bridgehead atoms. The summed E-state index contributed by atoms with van der Waals surface area (Å²) in [6.45, 7) is 8.49. The van der Waals surface area contributed by atoms with E-state index in [9.17, 15) is 8.42 Å². The highest BCUT2D eigenvalue weighted by Crippen LogP contribution is 2.36. The van der Waals surface area contributed by atoms with Crippen LogP contribution in [0.3, 0.4) is 0 Å². The first kappa shape index (κ1) is 20.3. The molecule has 0 aliphatic heterocycles. The number of rotatable bonds is 5. The Morgan fingerprint density at radius 1 is 1.03 bits per heavy atom. The van der Waals surface area contributed by atoms with Crippen LogP contribution in [0.15, 0.2) is 52.3 Å². The Labute approximate surface area is 176 Å². The first-order valence-corrected chi connectivity index (χ1v) is 11.5. The van der Waals surface area contributed by atoms with Crippen LogP contribution in [-0.4, -0.2) is 23.0 Å². The molecule has 0 amide bonds. The third kappa shape index (κ3) is 3.33. The summed E-state index contributed by atoms with van der Waals surface area (Å²) in [5.41, 5.74) is 10.2. The van der Waals surface area contributed by atoms with Crippen molar-refractivity contribution in [3.05, 3.63) is 53.6 Å². The van der Waals surface area contributed by atoms with Gasteiger partial charge in [-0.25, -0.2) is 18.4 Å². The van der Waals surface area contributed by atoms with Gasteiger partial charge in [0.1, 0.15) is 16.2 Å². The maximum Gasteiger partial charge on any atom is 0.212 e. The summed E-state index contributed by atoms with van der Waals surface area (Å²) < 4.78 is 29.3. The largest absolute Gasteiger partial charge is 0.384 e. The van der Waals surface area contributed by atoms with E-state index in [-0.39, 0.29) is 15.6 Å². The summed E-state index contributed by atoms with van der Waals surface area (Å²) >= 11 is 0. The number of benzene rings is 2. The molecule has 6 nitrogen and oxygen atoms in total. The van der Waals surface area contributed by atoms with Crippen molar-refractivity contribution in [2.24, 2.45) is 5.92 Å². The second-order valence-corrected chi connectivity index (χ2v) is 10.1. The van der Waals surface area contributed by atoms with Gasteiger partial charge in [0.2, 0.25) is 9.84 Å². The van der Waals surface area contributed by atoms with Crippen LogP contribution in [0.5, 0.6) is 0 Å². The fourth-order valence-corrected chi connectivity index (χ4v) is 5.50. The molecular weight excluding hydrogens is 396 g/mol. The third-order valence-corrected chi connectivity index (χ3v) is 7.34. The molecule has 156 valence electrons.